The second kappa shape index (κ2) is 5.54. The molecule has 0 fully saturated rings. The summed E-state index contributed by atoms with van der Waals surface area (Å²) in [6.45, 7) is 3.74. The molecular weight excluding hydrogens is 218 g/mol. The Balaban J connectivity index is 2.21. The lowest BCUT2D eigenvalue weighted by Gasteiger charge is -2.12. The standard InChI is InChI=1S/C12H15N3O2/c1-2-13-12(16)10-3-6-14-11(15-10)9-4-7-17-8-5-9/h3-4,6H,2,5,7-8H2,1H3,(H,13,16). The second-order valence-corrected chi connectivity index (χ2v) is 3.68. The van der Waals surface area contributed by atoms with Crippen molar-refractivity contribution in [3.05, 3.63) is 29.9 Å². The summed E-state index contributed by atoms with van der Waals surface area (Å²) in [5, 5.41) is 2.72. The van der Waals surface area contributed by atoms with Gasteiger partial charge in [-0.05, 0) is 25.0 Å². The molecule has 2 heterocycles. The molecule has 5 nitrogen and oxygen atoms in total. The molecule has 1 aliphatic rings. The number of carbonyl (C=O) groups is 1. The van der Waals surface area contributed by atoms with Crippen LogP contribution in [-0.2, 0) is 4.74 Å². The van der Waals surface area contributed by atoms with Crippen LogP contribution in [0.3, 0.4) is 0 Å². The lowest BCUT2D eigenvalue weighted by Crippen LogP contribution is -2.24. The Hall–Kier alpha value is -1.75. The number of hydrogen-bond acceptors (Lipinski definition) is 4. The number of aromatic nitrogens is 2. The van der Waals surface area contributed by atoms with Crippen molar-refractivity contribution in [2.75, 3.05) is 19.8 Å². The minimum absolute atomic E-state index is 0.163. The Morgan fingerprint density at radius 1 is 1.59 bits per heavy atom. The van der Waals surface area contributed by atoms with Crippen LogP contribution < -0.4 is 5.32 Å². The molecule has 0 aliphatic carbocycles. The van der Waals surface area contributed by atoms with Crippen LogP contribution in [0.2, 0.25) is 0 Å². The fourth-order valence-corrected chi connectivity index (χ4v) is 1.62. The van der Waals surface area contributed by atoms with Crippen LogP contribution >= 0.6 is 0 Å². The summed E-state index contributed by atoms with van der Waals surface area (Å²) in [5.74, 6) is 0.459. The zero-order chi connectivity index (χ0) is 12.1. The Bertz CT molecular complexity index is 443. The Morgan fingerprint density at radius 3 is 3.18 bits per heavy atom. The van der Waals surface area contributed by atoms with Gasteiger partial charge in [0.1, 0.15) is 5.69 Å². The molecule has 0 saturated heterocycles. The molecule has 90 valence electrons. The third kappa shape index (κ3) is 2.88. The van der Waals surface area contributed by atoms with Gasteiger partial charge in [0.2, 0.25) is 0 Å². The van der Waals surface area contributed by atoms with Crippen LogP contribution in [-0.4, -0.2) is 35.6 Å². The highest BCUT2D eigenvalue weighted by Gasteiger charge is 2.12. The van der Waals surface area contributed by atoms with Gasteiger partial charge in [0.05, 0.1) is 13.2 Å². The largest absolute Gasteiger partial charge is 0.377 e. The first-order valence-electron chi connectivity index (χ1n) is 5.69. The summed E-state index contributed by atoms with van der Waals surface area (Å²) >= 11 is 0. The first kappa shape index (κ1) is 11.7. The number of rotatable bonds is 3. The molecule has 17 heavy (non-hydrogen) atoms. The van der Waals surface area contributed by atoms with E-state index in [2.05, 4.69) is 15.3 Å². The first-order valence-corrected chi connectivity index (χ1v) is 5.69. The van der Waals surface area contributed by atoms with Gasteiger partial charge in [-0.2, -0.15) is 0 Å². The second-order valence-electron chi connectivity index (χ2n) is 3.68. The van der Waals surface area contributed by atoms with Crippen LogP contribution in [0, 0.1) is 0 Å². The molecule has 0 saturated carbocycles. The van der Waals surface area contributed by atoms with Gasteiger partial charge >= 0.3 is 0 Å². The normalized spacial score (nSPS) is 15.2. The van der Waals surface area contributed by atoms with Gasteiger partial charge in [-0.25, -0.2) is 9.97 Å². The Kier molecular flexibility index (Phi) is 3.82. The van der Waals surface area contributed by atoms with Crippen molar-refractivity contribution in [3.63, 3.8) is 0 Å². The molecule has 1 aromatic rings. The average molecular weight is 233 g/mol. The number of ether oxygens (including phenoxy) is 1. The quantitative estimate of drug-likeness (QED) is 0.847. The van der Waals surface area contributed by atoms with E-state index in [1.165, 1.54) is 0 Å². The number of nitrogens with one attached hydrogen (secondary N) is 1. The molecule has 0 atom stereocenters. The maximum atomic E-state index is 11.6. The topological polar surface area (TPSA) is 64.1 Å². The average Bonchev–Trinajstić information content (AvgIpc) is 2.40. The van der Waals surface area contributed by atoms with E-state index < -0.39 is 0 Å². The SMILES string of the molecule is CCNC(=O)c1ccnc(C2=CCOCC2)n1. The maximum Gasteiger partial charge on any atom is 0.270 e. The van der Waals surface area contributed by atoms with Gasteiger partial charge in [0.25, 0.3) is 5.91 Å². The van der Waals surface area contributed by atoms with Crippen molar-refractivity contribution < 1.29 is 9.53 Å². The number of nitrogens with zero attached hydrogens (tertiary/aromatic N) is 2. The van der Waals surface area contributed by atoms with E-state index in [0.717, 1.165) is 12.0 Å². The predicted octanol–water partition coefficient (Wildman–Crippen LogP) is 1.03. The minimum Gasteiger partial charge on any atom is -0.377 e. The maximum absolute atomic E-state index is 11.6. The molecule has 2 rings (SSSR count). The molecule has 0 bridgehead atoms. The molecule has 1 amide bonds. The molecule has 0 aromatic carbocycles. The summed E-state index contributed by atoms with van der Waals surface area (Å²) in [4.78, 5) is 20.1. The molecular formula is C12H15N3O2. The zero-order valence-electron chi connectivity index (χ0n) is 9.77. The minimum atomic E-state index is -0.163. The summed E-state index contributed by atoms with van der Waals surface area (Å²) in [5.41, 5.74) is 1.45. The van der Waals surface area contributed by atoms with E-state index in [9.17, 15) is 4.79 Å². The van der Waals surface area contributed by atoms with Crippen molar-refractivity contribution in [3.8, 4) is 0 Å². The van der Waals surface area contributed by atoms with Crippen molar-refractivity contribution >= 4 is 11.5 Å². The van der Waals surface area contributed by atoms with Crippen LogP contribution in [0.4, 0.5) is 0 Å². The van der Waals surface area contributed by atoms with Gasteiger partial charge in [-0.1, -0.05) is 6.08 Å². The molecule has 0 spiro atoms. The number of amides is 1. The van der Waals surface area contributed by atoms with Crippen LogP contribution in [0.1, 0.15) is 29.7 Å². The summed E-state index contributed by atoms with van der Waals surface area (Å²) in [6.07, 6.45) is 4.36. The Labute approximate surface area is 99.9 Å². The van der Waals surface area contributed by atoms with E-state index in [-0.39, 0.29) is 5.91 Å². The van der Waals surface area contributed by atoms with E-state index in [1.807, 2.05) is 13.0 Å². The van der Waals surface area contributed by atoms with Crippen LogP contribution in [0.25, 0.3) is 5.57 Å². The highest BCUT2D eigenvalue weighted by molar-refractivity contribution is 5.92. The molecule has 1 N–H and O–H groups in total. The van der Waals surface area contributed by atoms with E-state index in [0.29, 0.717) is 31.3 Å². The van der Waals surface area contributed by atoms with Gasteiger partial charge < -0.3 is 10.1 Å². The molecule has 0 radical (unpaired) electrons. The van der Waals surface area contributed by atoms with E-state index in [4.69, 9.17) is 4.74 Å². The lowest BCUT2D eigenvalue weighted by atomic mass is 10.1. The van der Waals surface area contributed by atoms with E-state index >= 15 is 0 Å². The third-order valence-electron chi connectivity index (χ3n) is 2.48. The first-order chi connectivity index (χ1) is 8.31. The van der Waals surface area contributed by atoms with Crippen LogP contribution in [0.15, 0.2) is 18.3 Å². The smallest absolute Gasteiger partial charge is 0.270 e. The lowest BCUT2D eigenvalue weighted by molar-refractivity contribution is 0.0950. The van der Waals surface area contributed by atoms with Crippen molar-refractivity contribution in [1.29, 1.82) is 0 Å². The van der Waals surface area contributed by atoms with Crippen molar-refractivity contribution in [1.82, 2.24) is 15.3 Å². The Morgan fingerprint density at radius 2 is 2.47 bits per heavy atom. The summed E-state index contributed by atoms with van der Waals surface area (Å²) in [6, 6.07) is 1.62. The fraction of sp³-hybridized carbons (Fsp3) is 0.417. The van der Waals surface area contributed by atoms with Gasteiger partial charge in [0.15, 0.2) is 5.82 Å². The summed E-state index contributed by atoms with van der Waals surface area (Å²) < 4.78 is 5.23. The number of hydrogen-bond donors (Lipinski definition) is 1. The zero-order valence-corrected chi connectivity index (χ0v) is 9.77. The fourth-order valence-electron chi connectivity index (χ4n) is 1.62. The van der Waals surface area contributed by atoms with E-state index in [1.54, 1.807) is 12.3 Å². The third-order valence-corrected chi connectivity index (χ3v) is 2.48. The molecule has 5 heteroatoms. The highest BCUT2D eigenvalue weighted by atomic mass is 16.5. The van der Waals surface area contributed by atoms with Crippen molar-refractivity contribution in [2.24, 2.45) is 0 Å². The highest BCUT2D eigenvalue weighted by Crippen LogP contribution is 2.17. The predicted molar refractivity (Wildman–Crippen MR) is 63.5 cm³/mol. The number of carbonyl (C=O) groups excluding carboxylic acids is 1. The monoisotopic (exact) mass is 233 g/mol. The van der Waals surface area contributed by atoms with Gasteiger partial charge in [-0.15, -0.1) is 0 Å². The van der Waals surface area contributed by atoms with Gasteiger partial charge in [-0.3, -0.25) is 4.79 Å². The molecule has 1 aromatic heterocycles. The van der Waals surface area contributed by atoms with Crippen molar-refractivity contribution in [2.45, 2.75) is 13.3 Å². The van der Waals surface area contributed by atoms with Crippen LogP contribution in [0.5, 0.6) is 0 Å². The summed E-state index contributed by atoms with van der Waals surface area (Å²) in [7, 11) is 0. The molecule has 0 unspecified atom stereocenters. The molecule has 1 aliphatic heterocycles. The van der Waals surface area contributed by atoms with Gasteiger partial charge in [0, 0.05) is 12.7 Å².